The SMILES string of the molecule is CC1(C)O[C@@H]2C[C@H]3[C@@H]4CCC5=CC(=O)C=C[C@]5(C)[C@@]4(F)[C@@H](O)C[C@]3(C)[C@]2(C(=O)COC(=O)CCC(=O)O)O1.[Na]. The average Bonchev–Trinajstić information content (AvgIpc) is 3.23. The summed E-state index contributed by atoms with van der Waals surface area (Å²) in [6.45, 7) is 6.26. The molecule has 4 fully saturated rings. The number of aliphatic carboxylic acids is 1. The number of carboxylic acid groups (broad SMARTS) is 1. The molecular formula is C28H35FNaO9. The summed E-state index contributed by atoms with van der Waals surface area (Å²) >= 11 is 0. The van der Waals surface area contributed by atoms with Crippen molar-refractivity contribution in [1.82, 2.24) is 0 Å². The molecule has 4 aliphatic carbocycles. The Kier molecular flexibility index (Phi) is 7.70. The largest absolute Gasteiger partial charge is 0.481 e. The molecule has 0 bridgehead atoms. The third kappa shape index (κ3) is 4.24. The average molecular weight is 558 g/mol. The van der Waals surface area contributed by atoms with E-state index in [0.29, 0.717) is 24.8 Å². The maximum absolute atomic E-state index is 17.4. The maximum Gasteiger partial charge on any atom is 0.306 e. The van der Waals surface area contributed by atoms with E-state index in [-0.39, 0.29) is 48.2 Å². The van der Waals surface area contributed by atoms with E-state index in [9.17, 15) is 24.3 Å². The van der Waals surface area contributed by atoms with Crippen molar-refractivity contribution >= 4 is 53.1 Å². The van der Waals surface area contributed by atoms with Crippen molar-refractivity contribution in [2.24, 2.45) is 22.7 Å². The molecule has 1 saturated heterocycles. The molecule has 11 heteroatoms. The molecule has 8 atom stereocenters. The van der Waals surface area contributed by atoms with E-state index in [2.05, 4.69) is 0 Å². The predicted molar refractivity (Wildman–Crippen MR) is 135 cm³/mol. The number of halogens is 1. The zero-order valence-corrected chi connectivity index (χ0v) is 25.1. The molecule has 1 aliphatic heterocycles. The third-order valence-corrected chi connectivity index (χ3v) is 9.96. The Hall–Kier alpha value is -1.43. The summed E-state index contributed by atoms with van der Waals surface area (Å²) in [5, 5.41) is 20.4. The Morgan fingerprint density at radius 1 is 1.15 bits per heavy atom. The summed E-state index contributed by atoms with van der Waals surface area (Å²) in [4.78, 5) is 48.8. The number of aliphatic hydroxyl groups is 1. The fraction of sp³-hybridized carbons (Fsp3) is 0.714. The molecule has 0 spiro atoms. The number of aliphatic hydroxyl groups excluding tert-OH is 1. The summed E-state index contributed by atoms with van der Waals surface area (Å²) in [5.74, 6) is -4.90. The number of rotatable bonds is 6. The van der Waals surface area contributed by atoms with E-state index in [1.807, 2.05) is 6.92 Å². The van der Waals surface area contributed by atoms with Crippen LogP contribution in [0.1, 0.15) is 66.2 Å². The van der Waals surface area contributed by atoms with Gasteiger partial charge in [-0.15, -0.1) is 0 Å². The first-order valence-corrected chi connectivity index (χ1v) is 13.2. The molecule has 209 valence electrons. The predicted octanol–water partition coefficient (Wildman–Crippen LogP) is 2.45. The van der Waals surface area contributed by atoms with Crippen LogP contribution in [-0.4, -0.2) is 99.1 Å². The second-order valence-corrected chi connectivity index (χ2v) is 12.3. The standard InChI is InChI=1S/C28H35FO9.Na/c1-24(2)37-21-12-18-17-6-5-15-11-16(30)9-10-25(15,3)27(17,29)19(31)13-26(18,4)28(21,38-24)20(32)14-36-23(35)8-7-22(33)34;/h9-11,17-19,21,31H,5-8,12-14H2,1-4H3,(H,33,34);/t17-,18-,19-,21+,25-,26-,27-,28+;/m0./s1. The number of allylic oxidation sites excluding steroid dienone is 4. The van der Waals surface area contributed by atoms with Crippen LogP contribution in [0.5, 0.6) is 0 Å². The van der Waals surface area contributed by atoms with Gasteiger partial charge in [-0.25, -0.2) is 4.39 Å². The molecule has 3 saturated carbocycles. The van der Waals surface area contributed by atoms with Crippen molar-refractivity contribution in [3.63, 3.8) is 0 Å². The molecule has 0 aromatic carbocycles. The van der Waals surface area contributed by atoms with Crippen molar-refractivity contribution in [2.45, 2.75) is 95.5 Å². The van der Waals surface area contributed by atoms with Gasteiger partial charge in [0.05, 0.1) is 25.0 Å². The van der Waals surface area contributed by atoms with Crippen LogP contribution in [0.15, 0.2) is 23.8 Å². The van der Waals surface area contributed by atoms with E-state index in [0.717, 1.165) is 0 Å². The fourth-order valence-corrected chi connectivity index (χ4v) is 8.34. The Morgan fingerprint density at radius 3 is 2.51 bits per heavy atom. The first-order valence-electron chi connectivity index (χ1n) is 13.2. The molecule has 9 nitrogen and oxygen atoms in total. The Bertz CT molecular complexity index is 1170. The van der Waals surface area contributed by atoms with Crippen LogP contribution in [0.2, 0.25) is 0 Å². The van der Waals surface area contributed by atoms with Gasteiger partial charge < -0.3 is 24.4 Å². The summed E-state index contributed by atoms with van der Waals surface area (Å²) in [7, 11) is 0. The topological polar surface area (TPSA) is 136 Å². The number of alkyl halides is 1. The van der Waals surface area contributed by atoms with Crippen LogP contribution < -0.4 is 0 Å². The Labute approximate surface area is 248 Å². The summed E-state index contributed by atoms with van der Waals surface area (Å²) in [6.07, 6.45) is 2.50. The number of hydrogen-bond acceptors (Lipinski definition) is 8. The van der Waals surface area contributed by atoms with Crippen molar-refractivity contribution in [1.29, 1.82) is 0 Å². The number of ether oxygens (including phenoxy) is 3. The van der Waals surface area contributed by atoms with Crippen LogP contribution in [0.25, 0.3) is 0 Å². The number of carboxylic acids is 1. The van der Waals surface area contributed by atoms with E-state index < -0.39 is 82.7 Å². The molecule has 1 heterocycles. The van der Waals surface area contributed by atoms with Gasteiger partial charge in [0.1, 0.15) is 0 Å². The number of esters is 1. The van der Waals surface area contributed by atoms with Crippen LogP contribution in [0.3, 0.4) is 0 Å². The molecule has 2 N–H and O–H groups in total. The van der Waals surface area contributed by atoms with Gasteiger partial charge in [-0.2, -0.15) is 0 Å². The molecule has 5 rings (SSSR count). The van der Waals surface area contributed by atoms with Gasteiger partial charge in [-0.05, 0) is 64.5 Å². The van der Waals surface area contributed by atoms with Gasteiger partial charge in [-0.3, -0.25) is 19.2 Å². The molecule has 0 amide bonds. The minimum Gasteiger partial charge on any atom is -0.481 e. The van der Waals surface area contributed by atoms with Crippen LogP contribution in [0.4, 0.5) is 4.39 Å². The quantitative estimate of drug-likeness (QED) is 0.373. The van der Waals surface area contributed by atoms with Gasteiger partial charge in [0.2, 0.25) is 5.78 Å². The van der Waals surface area contributed by atoms with Crippen LogP contribution in [-0.2, 0) is 33.4 Å². The van der Waals surface area contributed by atoms with E-state index in [1.165, 1.54) is 12.2 Å². The van der Waals surface area contributed by atoms with Crippen molar-refractivity contribution in [3.8, 4) is 0 Å². The number of carbonyl (C=O) groups excluding carboxylic acids is 3. The van der Waals surface area contributed by atoms with Crippen molar-refractivity contribution in [2.75, 3.05) is 6.61 Å². The Balaban J connectivity index is 0.00000353. The summed E-state index contributed by atoms with van der Waals surface area (Å²) in [5.41, 5.74) is -5.20. The number of carbonyl (C=O) groups is 4. The minimum absolute atomic E-state index is 0. The van der Waals surface area contributed by atoms with Gasteiger partial charge >= 0.3 is 11.9 Å². The zero-order valence-electron chi connectivity index (χ0n) is 23.1. The van der Waals surface area contributed by atoms with Gasteiger partial charge in [-0.1, -0.05) is 18.6 Å². The summed E-state index contributed by atoms with van der Waals surface area (Å²) < 4.78 is 35.1. The van der Waals surface area contributed by atoms with Crippen LogP contribution in [0, 0.1) is 22.7 Å². The number of Topliss-reactive ketones (excluding diaryl/α,β-unsaturated/α-hetero) is 1. The number of hydrogen-bond donors (Lipinski definition) is 2. The van der Waals surface area contributed by atoms with Gasteiger partial charge in [0.15, 0.2) is 29.4 Å². The zero-order chi connectivity index (χ0) is 27.9. The molecular weight excluding hydrogens is 522 g/mol. The molecule has 0 aromatic rings. The van der Waals surface area contributed by atoms with Crippen molar-refractivity contribution < 1.29 is 48.0 Å². The maximum atomic E-state index is 17.4. The van der Waals surface area contributed by atoms with E-state index in [1.54, 1.807) is 26.8 Å². The number of ketones is 2. The second kappa shape index (κ2) is 9.84. The number of fused-ring (bicyclic) bond motifs is 7. The van der Waals surface area contributed by atoms with Gasteiger partial charge in [0, 0.05) is 46.3 Å². The molecule has 0 unspecified atom stereocenters. The molecule has 1 radical (unpaired) electrons. The molecule has 5 aliphatic rings. The normalized spacial score (nSPS) is 43.2. The monoisotopic (exact) mass is 557 g/mol. The first-order chi connectivity index (χ1) is 17.6. The Morgan fingerprint density at radius 2 is 1.85 bits per heavy atom. The molecule has 39 heavy (non-hydrogen) atoms. The smallest absolute Gasteiger partial charge is 0.306 e. The minimum atomic E-state index is -2.07. The van der Waals surface area contributed by atoms with Gasteiger partial charge in [0.25, 0.3) is 0 Å². The summed E-state index contributed by atoms with van der Waals surface area (Å²) in [6, 6.07) is 0. The van der Waals surface area contributed by atoms with E-state index >= 15 is 4.39 Å². The second-order valence-electron chi connectivity index (χ2n) is 12.3. The van der Waals surface area contributed by atoms with E-state index in [4.69, 9.17) is 19.3 Å². The fourth-order valence-electron chi connectivity index (χ4n) is 8.34. The van der Waals surface area contributed by atoms with Crippen LogP contribution >= 0.6 is 0 Å². The molecule has 0 aromatic heterocycles. The van der Waals surface area contributed by atoms with Crippen molar-refractivity contribution in [3.05, 3.63) is 23.8 Å². The first kappa shape index (κ1) is 30.5. The third-order valence-electron chi connectivity index (χ3n) is 9.96.